The highest BCUT2D eigenvalue weighted by Gasteiger charge is 2.34. The second kappa shape index (κ2) is 11.1. The number of carboxylic acid groups (broad SMARTS) is 1. The minimum Gasteiger partial charge on any atom is -0.493 e. The third-order valence-electron chi connectivity index (χ3n) is 8.12. The number of carbonyl (C=O) groups is 1. The molecule has 0 spiro atoms. The van der Waals surface area contributed by atoms with Gasteiger partial charge in [-0.3, -0.25) is 9.78 Å². The number of nitrogens with zero attached hydrogens (tertiary/aromatic N) is 1. The maximum absolute atomic E-state index is 13.1. The largest absolute Gasteiger partial charge is 0.493 e. The number of benzene rings is 3. The molecule has 0 saturated heterocycles. The first-order valence-corrected chi connectivity index (χ1v) is 16.5. The maximum Gasteiger partial charge on any atom is 0.337 e. The summed E-state index contributed by atoms with van der Waals surface area (Å²) in [5.74, 6) is -0.454. The fourth-order valence-electron chi connectivity index (χ4n) is 6.22. The SMILES string of the molecule is Cc1c([C@H](OC(C)(C)C)C(=O)O)c(-c2ccc3c4c(ccnc24)CCO3)c2ccc(=O)[nH]c2c1Cc1cccc(S(C)(=O)=O)c1. The number of pyridine rings is 2. The summed E-state index contributed by atoms with van der Waals surface area (Å²) < 4.78 is 36.9. The van der Waals surface area contributed by atoms with Gasteiger partial charge in [-0.25, -0.2) is 13.2 Å². The van der Waals surface area contributed by atoms with Crippen molar-refractivity contribution in [1.29, 1.82) is 0 Å². The predicted octanol–water partition coefficient (Wildman–Crippen LogP) is 5.92. The molecule has 10 heteroatoms. The van der Waals surface area contributed by atoms with Crippen LogP contribution in [0.25, 0.3) is 32.9 Å². The number of rotatable bonds is 7. The van der Waals surface area contributed by atoms with Crippen LogP contribution in [0.15, 0.2) is 70.5 Å². The molecule has 45 heavy (non-hydrogen) atoms. The third kappa shape index (κ3) is 5.71. The van der Waals surface area contributed by atoms with Crippen molar-refractivity contribution in [2.24, 2.45) is 0 Å². The second-order valence-electron chi connectivity index (χ2n) is 12.5. The molecule has 1 aliphatic heterocycles. The number of aliphatic carboxylic acids is 1. The first kappa shape index (κ1) is 30.5. The highest BCUT2D eigenvalue weighted by Crippen LogP contribution is 2.46. The van der Waals surface area contributed by atoms with Crippen molar-refractivity contribution in [3.05, 3.63) is 99.0 Å². The fourth-order valence-corrected chi connectivity index (χ4v) is 6.91. The van der Waals surface area contributed by atoms with Gasteiger partial charge in [-0.2, -0.15) is 0 Å². The van der Waals surface area contributed by atoms with E-state index in [0.717, 1.165) is 17.2 Å². The number of nitrogens with one attached hydrogen (secondary N) is 1. The number of hydrogen-bond donors (Lipinski definition) is 2. The minimum absolute atomic E-state index is 0.170. The molecular weight excluding hydrogens is 592 g/mol. The lowest BCUT2D eigenvalue weighted by Crippen LogP contribution is -2.28. The molecule has 0 aliphatic carbocycles. The Hall–Kier alpha value is -4.54. The lowest BCUT2D eigenvalue weighted by atomic mass is 9.83. The van der Waals surface area contributed by atoms with Gasteiger partial charge >= 0.3 is 5.97 Å². The molecule has 5 aromatic rings. The standard InChI is InChI=1S/C35H34N2O7S/c1-19-25(18-20-7-6-8-22(17-20)45(5,41)42)31-23(10-12-27(38)37-31)30(28(19)33(34(39)40)44-35(2,3)4)24-9-11-26-29-21(14-16-43-26)13-15-36-32(24)29/h6-13,15,17,33H,14,16,18H2,1-5H3,(H,37,38)(H,39,40)/t33-/m0/s1. The maximum atomic E-state index is 13.1. The van der Waals surface area contributed by atoms with Crippen LogP contribution in [-0.2, 0) is 32.2 Å². The highest BCUT2D eigenvalue weighted by molar-refractivity contribution is 7.90. The van der Waals surface area contributed by atoms with Gasteiger partial charge in [-0.15, -0.1) is 0 Å². The van der Waals surface area contributed by atoms with Crippen LogP contribution in [-0.4, -0.2) is 47.9 Å². The molecule has 9 nitrogen and oxygen atoms in total. The Bertz CT molecular complexity index is 2170. The van der Waals surface area contributed by atoms with Gasteiger partial charge in [-0.1, -0.05) is 12.1 Å². The van der Waals surface area contributed by atoms with Gasteiger partial charge in [0.15, 0.2) is 15.9 Å². The zero-order valence-corrected chi connectivity index (χ0v) is 26.5. The molecule has 0 saturated carbocycles. The van der Waals surface area contributed by atoms with Crippen LogP contribution in [0, 0.1) is 6.92 Å². The molecule has 0 radical (unpaired) electrons. The molecule has 1 aliphatic rings. The van der Waals surface area contributed by atoms with Crippen LogP contribution >= 0.6 is 0 Å². The topological polar surface area (TPSA) is 136 Å². The van der Waals surface area contributed by atoms with Crippen molar-refractivity contribution in [2.75, 3.05) is 12.9 Å². The Morgan fingerprint density at radius 2 is 1.91 bits per heavy atom. The quantitative estimate of drug-likeness (QED) is 0.227. The molecule has 2 aromatic heterocycles. The first-order valence-electron chi connectivity index (χ1n) is 14.6. The molecule has 0 fully saturated rings. The zero-order valence-electron chi connectivity index (χ0n) is 25.7. The molecule has 6 rings (SSSR count). The summed E-state index contributed by atoms with van der Waals surface area (Å²) in [7, 11) is -3.47. The average Bonchev–Trinajstić information content (AvgIpc) is 2.97. The van der Waals surface area contributed by atoms with E-state index in [2.05, 4.69) is 4.98 Å². The van der Waals surface area contributed by atoms with E-state index in [0.29, 0.717) is 68.6 Å². The Balaban J connectivity index is 1.74. The molecule has 2 N–H and O–H groups in total. The number of hydrogen-bond acceptors (Lipinski definition) is 7. The summed E-state index contributed by atoms with van der Waals surface area (Å²) in [6, 6.07) is 15.5. The Morgan fingerprint density at radius 3 is 2.62 bits per heavy atom. The lowest BCUT2D eigenvalue weighted by molar-refractivity contribution is -0.160. The van der Waals surface area contributed by atoms with Gasteiger partial charge in [0, 0.05) is 46.8 Å². The Kier molecular flexibility index (Phi) is 7.53. The second-order valence-corrected chi connectivity index (χ2v) is 14.5. The number of ether oxygens (including phenoxy) is 2. The van der Waals surface area contributed by atoms with Crippen molar-refractivity contribution < 1.29 is 27.8 Å². The van der Waals surface area contributed by atoms with Crippen molar-refractivity contribution in [3.63, 3.8) is 0 Å². The molecule has 3 aromatic carbocycles. The van der Waals surface area contributed by atoms with Gasteiger partial charge in [0.1, 0.15) is 5.75 Å². The van der Waals surface area contributed by atoms with Gasteiger partial charge in [0.05, 0.1) is 28.1 Å². The van der Waals surface area contributed by atoms with Gasteiger partial charge in [-0.05, 0) is 98.3 Å². The number of aromatic amines is 1. The van der Waals surface area contributed by atoms with Gasteiger partial charge < -0.3 is 19.6 Å². The van der Waals surface area contributed by atoms with E-state index < -0.39 is 27.5 Å². The van der Waals surface area contributed by atoms with Gasteiger partial charge in [0.2, 0.25) is 5.56 Å². The summed E-state index contributed by atoms with van der Waals surface area (Å²) >= 11 is 0. The summed E-state index contributed by atoms with van der Waals surface area (Å²) in [5, 5.41) is 12.2. The van der Waals surface area contributed by atoms with E-state index in [1.54, 1.807) is 45.2 Å². The fraction of sp³-hybridized carbons (Fsp3) is 0.286. The number of aromatic nitrogens is 2. The van der Waals surface area contributed by atoms with E-state index >= 15 is 0 Å². The Labute approximate surface area is 260 Å². The van der Waals surface area contributed by atoms with Crippen molar-refractivity contribution in [2.45, 2.75) is 57.1 Å². The molecule has 0 unspecified atom stereocenters. The van der Waals surface area contributed by atoms with E-state index in [4.69, 9.17) is 14.5 Å². The predicted molar refractivity (Wildman–Crippen MR) is 173 cm³/mol. The van der Waals surface area contributed by atoms with E-state index in [9.17, 15) is 23.1 Å². The van der Waals surface area contributed by atoms with Crippen molar-refractivity contribution in [3.8, 4) is 16.9 Å². The van der Waals surface area contributed by atoms with Crippen LogP contribution in [0.2, 0.25) is 0 Å². The van der Waals surface area contributed by atoms with Crippen LogP contribution in [0.1, 0.15) is 54.7 Å². The van der Waals surface area contributed by atoms with E-state index in [1.165, 1.54) is 12.1 Å². The highest BCUT2D eigenvalue weighted by atomic mass is 32.2. The van der Waals surface area contributed by atoms with Crippen molar-refractivity contribution in [1.82, 2.24) is 9.97 Å². The van der Waals surface area contributed by atoms with Crippen LogP contribution in [0.4, 0.5) is 0 Å². The van der Waals surface area contributed by atoms with Crippen molar-refractivity contribution >= 4 is 37.6 Å². The van der Waals surface area contributed by atoms with E-state index in [-0.39, 0.29) is 16.9 Å². The smallest absolute Gasteiger partial charge is 0.337 e. The van der Waals surface area contributed by atoms with Crippen LogP contribution in [0.5, 0.6) is 5.75 Å². The molecule has 0 amide bonds. The van der Waals surface area contributed by atoms with E-state index in [1.807, 2.05) is 31.2 Å². The summed E-state index contributed by atoms with van der Waals surface area (Å²) in [4.78, 5) is 33.8. The summed E-state index contributed by atoms with van der Waals surface area (Å²) in [6.07, 6.45) is 2.47. The Morgan fingerprint density at radius 1 is 1.13 bits per heavy atom. The minimum atomic E-state index is -3.47. The summed E-state index contributed by atoms with van der Waals surface area (Å²) in [6.45, 7) is 7.78. The number of carboxylic acids is 1. The number of fused-ring (bicyclic) bond motifs is 1. The van der Waals surface area contributed by atoms with Crippen LogP contribution in [0.3, 0.4) is 0 Å². The lowest BCUT2D eigenvalue weighted by Gasteiger charge is -2.30. The molecule has 0 bridgehead atoms. The zero-order chi connectivity index (χ0) is 32.3. The molecular formula is C35H34N2O7S. The number of sulfone groups is 1. The monoisotopic (exact) mass is 626 g/mol. The average molecular weight is 627 g/mol. The first-order chi connectivity index (χ1) is 21.2. The molecule has 3 heterocycles. The third-order valence-corrected chi connectivity index (χ3v) is 9.23. The molecule has 1 atom stereocenters. The summed E-state index contributed by atoms with van der Waals surface area (Å²) in [5.41, 5.74) is 4.80. The molecule has 232 valence electrons. The van der Waals surface area contributed by atoms with Gasteiger partial charge in [0.25, 0.3) is 0 Å². The number of H-pyrrole nitrogens is 1. The van der Waals surface area contributed by atoms with Crippen LogP contribution < -0.4 is 10.3 Å². The normalized spacial score (nSPS) is 14.0.